The molecular formula is C22H22ClF3N8O2. The topological polar surface area (TPSA) is 122 Å². The summed E-state index contributed by atoms with van der Waals surface area (Å²) in [5, 5.41) is 23.7. The number of rotatable bonds is 9. The Kier molecular flexibility index (Phi) is 7.13. The van der Waals surface area contributed by atoms with Crippen molar-refractivity contribution in [1.82, 2.24) is 34.7 Å². The van der Waals surface area contributed by atoms with Crippen LogP contribution in [0.15, 0.2) is 43.2 Å². The number of nitrogens with zero attached hydrogens (tertiary/aromatic N) is 6. The normalized spacial score (nSPS) is 12.8. The Morgan fingerprint density at radius 1 is 1.14 bits per heavy atom. The molecule has 36 heavy (non-hydrogen) atoms. The molecule has 0 unspecified atom stereocenters. The monoisotopic (exact) mass is 522 g/mol. The minimum absolute atomic E-state index is 0.0517. The third kappa shape index (κ3) is 5.74. The Hall–Kier alpha value is -3.71. The number of carbonyl (C=O) groups is 1. The van der Waals surface area contributed by atoms with E-state index in [0.29, 0.717) is 27.6 Å². The second-order valence-corrected chi connectivity index (χ2v) is 8.95. The number of fused-ring (bicyclic) bond motifs is 1. The van der Waals surface area contributed by atoms with E-state index in [4.69, 9.17) is 11.6 Å². The lowest BCUT2D eigenvalue weighted by molar-refractivity contribution is -0.00177. The molecule has 0 saturated carbocycles. The molecule has 0 saturated heterocycles. The van der Waals surface area contributed by atoms with E-state index in [1.165, 1.54) is 49.3 Å². The maximum absolute atomic E-state index is 14.2. The first-order valence-electron chi connectivity index (χ1n) is 10.7. The lowest BCUT2D eigenvalue weighted by atomic mass is 10.0. The molecule has 4 rings (SSSR count). The highest BCUT2D eigenvalue weighted by molar-refractivity contribution is 6.30. The van der Waals surface area contributed by atoms with Crippen LogP contribution < -0.4 is 10.6 Å². The van der Waals surface area contributed by atoms with Crippen LogP contribution in [0.1, 0.15) is 24.2 Å². The quantitative estimate of drug-likeness (QED) is 0.307. The number of hydrogen-bond donors (Lipinski definition) is 3. The largest absolute Gasteiger partial charge is 0.387 e. The van der Waals surface area contributed by atoms with Gasteiger partial charge in [-0.25, -0.2) is 22.7 Å². The molecule has 0 aliphatic rings. The van der Waals surface area contributed by atoms with E-state index < -0.39 is 37.2 Å². The number of nitrogens with one attached hydrogen (secondary N) is 2. The average Bonchev–Trinajstić information content (AvgIpc) is 3.42. The van der Waals surface area contributed by atoms with Crippen molar-refractivity contribution in [3.8, 4) is 11.3 Å². The summed E-state index contributed by atoms with van der Waals surface area (Å²) in [5.41, 5.74) is 0.406. The zero-order chi connectivity index (χ0) is 26.0. The van der Waals surface area contributed by atoms with Gasteiger partial charge in [0.2, 0.25) is 0 Å². The average molecular weight is 523 g/mol. The van der Waals surface area contributed by atoms with E-state index in [-0.39, 0.29) is 11.3 Å². The van der Waals surface area contributed by atoms with Gasteiger partial charge in [0.15, 0.2) is 5.65 Å². The van der Waals surface area contributed by atoms with Crippen molar-refractivity contribution >= 4 is 34.5 Å². The maximum Gasteiger partial charge on any atom is 0.257 e. The van der Waals surface area contributed by atoms with E-state index >= 15 is 0 Å². The molecular weight excluding hydrogens is 501 g/mol. The van der Waals surface area contributed by atoms with Gasteiger partial charge in [0.1, 0.15) is 12.7 Å². The predicted octanol–water partition coefficient (Wildman–Crippen LogP) is 3.49. The van der Waals surface area contributed by atoms with Gasteiger partial charge in [-0.15, -0.1) is 0 Å². The fourth-order valence-electron chi connectivity index (χ4n) is 3.27. The SMILES string of the molecule is CC(C)(O)[C@H](F)CNC(=O)c1cnc(-c2cnn3cc(Cl)cnc23)cc1Nc1cnn(CC(F)F)c1. The number of anilines is 2. The molecule has 0 aliphatic carbocycles. The first kappa shape index (κ1) is 25.4. The Morgan fingerprint density at radius 2 is 1.92 bits per heavy atom. The lowest BCUT2D eigenvalue weighted by Gasteiger charge is -2.22. The van der Waals surface area contributed by atoms with Crippen LogP contribution in [-0.4, -0.2) is 65.1 Å². The van der Waals surface area contributed by atoms with E-state index in [2.05, 4.69) is 30.8 Å². The summed E-state index contributed by atoms with van der Waals surface area (Å²) in [7, 11) is 0. The molecule has 1 amide bonds. The molecule has 1 atom stereocenters. The minimum Gasteiger partial charge on any atom is -0.387 e. The van der Waals surface area contributed by atoms with Crippen LogP contribution >= 0.6 is 11.6 Å². The second kappa shape index (κ2) is 10.1. The molecule has 0 aliphatic heterocycles. The number of carbonyl (C=O) groups excluding carboxylic acids is 1. The Labute approximate surface area is 208 Å². The summed E-state index contributed by atoms with van der Waals surface area (Å²) in [4.78, 5) is 21.5. The first-order chi connectivity index (χ1) is 17.0. The van der Waals surface area contributed by atoms with Crippen LogP contribution in [0.25, 0.3) is 16.9 Å². The van der Waals surface area contributed by atoms with Crippen molar-refractivity contribution in [3.05, 3.63) is 53.8 Å². The molecule has 3 N–H and O–H groups in total. The van der Waals surface area contributed by atoms with Crippen LogP contribution in [0.4, 0.5) is 24.5 Å². The number of alkyl halides is 3. The Balaban J connectivity index is 1.68. The summed E-state index contributed by atoms with van der Waals surface area (Å²) >= 11 is 5.97. The van der Waals surface area contributed by atoms with E-state index in [0.717, 1.165) is 4.68 Å². The minimum atomic E-state index is -2.59. The standard InChI is InChI=1S/C22H22ClF3N8O2/c1-22(2,36)18(24)8-29-21(35)15-6-27-16(14-7-31-34-9-12(23)4-28-20(14)34)3-17(15)32-13-5-30-33(10-13)11-19(25)26/h3-7,9-10,18-19,36H,8,11H2,1-2H3,(H,27,32)(H,29,35)/t18-/m1/s1. The van der Waals surface area contributed by atoms with E-state index in [1.807, 2.05) is 0 Å². The molecule has 4 aromatic heterocycles. The summed E-state index contributed by atoms with van der Waals surface area (Å²) in [6, 6.07) is 1.55. The Morgan fingerprint density at radius 3 is 2.64 bits per heavy atom. The van der Waals surface area contributed by atoms with Crippen LogP contribution in [0.5, 0.6) is 0 Å². The van der Waals surface area contributed by atoms with Crippen molar-refractivity contribution in [2.75, 3.05) is 11.9 Å². The van der Waals surface area contributed by atoms with Gasteiger partial charge in [0.25, 0.3) is 12.3 Å². The third-order valence-electron chi connectivity index (χ3n) is 5.20. The smallest absolute Gasteiger partial charge is 0.257 e. The fourth-order valence-corrected chi connectivity index (χ4v) is 3.41. The van der Waals surface area contributed by atoms with Gasteiger partial charge >= 0.3 is 0 Å². The molecule has 4 aromatic rings. The number of aliphatic hydroxyl groups is 1. The summed E-state index contributed by atoms with van der Waals surface area (Å²) in [5.74, 6) is -0.659. The summed E-state index contributed by atoms with van der Waals surface area (Å²) in [6.45, 7) is 1.56. The van der Waals surface area contributed by atoms with Crippen LogP contribution in [0.3, 0.4) is 0 Å². The third-order valence-corrected chi connectivity index (χ3v) is 5.39. The predicted molar refractivity (Wildman–Crippen MR) is 126 cm³/mol. The van der Waals surface area contributed by atoms with Gasteiger partial charge in [-0.3, -0.25) is 14.5 Å². The molecule has 10 nitrogen and oxygen atoms in total. The molecule has 190 valence electrons. The number of aromatic nitrogens is 6. The maximum atomic E-state index is 14.2. The van der Waals surface area contributed by atoms with Gasteiger partial charge in [0.05, 0.1) is 64.0 Å². The highest BCUT2D eigenvalue weighted by atomic mass is 35.5. The fraction of sp³-hybridized carbons (Fsp3) is 0.318. The van der Waals surface area contributed by atoms with E-state index in [9.17, 15) is 23.1 Å². The van der Waals surface area contributed by atoms with Crippen LogP contribution in [0, 0.1) is 0 Å². The zero-order valence-electron chi connectivity index (χ0n) is 19.2. The molecule has 0 radical (unpaired) electrons. The van der Waals surface area contributed by atoms with Crippen molar-refractivity contribution in [3.63, 3.8) is 0 Å². The summed E-state index contributed by atoms with van der Waals surface area (Å²) in [6.07, 6.45) is 4.23. The van der Waals surface area contributed by atoms with Crippen molar-refractivity contribution in [2.45, 2.75) is 38.6 Å². The van der Waals surface area contributed by atoms with Gasteiger partial charge in [-0.1, -0.05) is 11.6 Å². The van der Waals surface area contributed by atoms with Gasteiger partial charge in [-0.05, 0) is 19.9 Å². The van der Waals surface area contributed by atoms with Gasteiger partial charge < -0.3 is 15.7 Å². The molecule has 0 aromatic carbocycles. The van der Waals surface area contributed by atoms with Crippen LogP contribution in [-0.2, 0) is 6.54 Å². The highest BCUT2D eigenvalue weighted by Crippen LogP contribution is 2.28. The van der Waals surface area contributed by atoms with Gasteiger partial charge in [-0.2, -0.15) is 10.2 Å². The number of pyridine rings is 1. The number of hydrogen-bond acceptors (Lipinski definition) is 7. The van der Waals surface area contributed by atoms with Crippen LogP contribution in [0.2, 0.25) is 5.02 Å². The highest BCUT2D eigenvalue weighted by Gasteiger charge is 2.27. The first-order valence-corrected chi connectivity index (χ1v) is 11.1. The molecule has 0 spiro atoms. The number of halogens is 4. The van der Waals surface area contributed by atoms with E-state index in [1.54, 1.807) is 12.3 Å². The zero-order valence-corrected chi connectivity index (χ0v) is 19.9. The molecule has 14 heteroatoms. The molecule has 4 heterocycles. The van der Waals surface area contributed by atoms with Crippen molar-refractivity contribution in [2.24, 2.45) is 0 Å². The molecule has 0 bridgehead atoms. The van der Waals surface area contributed by atoms with Gasteiger partial charge in [0, 0.05) is 18.6 Å². The number of amides is 1. The van der Waals surface area contributed by atoms with Crippen molar-refractivity contribution in [1.29, 1.82) is 0 Å². The lowest BCUT2D eigenvalue weighted by Crippen LogP contribution is -2.42. The Bertz CT molecular complexity index is 1390. The second-order valence-electron chi connectivity index (χ2n) is 8.51. The summed E-state index contributed by atoms with van der Waals surface area (Å²) < 4.78 is 42.1. The van der Waals surface area contributed by atoms with Crippen molar-refractivity contribution < 1.29 is 23.1 Å². The molecule has 0 fully saturated rings.